The second-order valence-corrected chi connectivity index (χ2v) is 5.90. The highest BCUT2D eigenvalue weighted by molar-refractivity contribution is 7.99. The Balaban J connectivity index is 1.80. The minimum Gasteiger partial charge on any atom is -0.398 e. The van der Waals surface area contributed by atoms with E-state index in [9.17, 15) is 0 Å². The molecule has 0 radical (unpaired) electrons. The molecule has 1 unspecified atom stereocenters. The van der Waals surface area contributed by atoms with Gasteiger partial charge in [0, 0.05) is 18.1 Å². The Morgan fingerprint density at radius 2 is 2.35 bits per heavy atom. The van der Waals surface area contributed by atoms with Crippen LogP contribution in [0.4, 0.5) is 5.69 Å². The van der Waals surface area contributed by atoms with E-state index in [-0.39, 0.29) is 0 Å². The lowest BCUT2D eigenvalue weighted by molar-refractivity contribution is 0.516. The summed E-state index contributed by atoms with van der Waals surface area (Å²) in [5.74, 6) is 3.42. The maximum atomic E-state index is 5.77. The molecule has 0 bridgehead atoms. The molecular weight excluding hydrogens is 230 g/mol. The summed E-state index contributed by atoms with van der Waals surface area (Å²) in [7, 11) is 0. The molecular formula is C13H17N3S. The van der Waals surface area contributed by atoms with E-state index in [4.69, 9.17) is 5.73 Å². The fourth-order valence-corrected chi connectivity index (χ4v) is 3.58. The maximum Gasteiger partial charge on any atom is 0.137 e. The Morgan fingerprint density at radius 1 is 1.41 bits per heavy atom. The number of nitrogen functional groups attached to an aromatic ring is 1. The Kier molecular flexibility index (Phi) is 2.97. The summed E-state index contributed by atoms with van der Waals surface area (Å²) in [5.41, 5.74) is 8.75. The van der Waals surface area contributed by atoms with Crippen molar-refractivity contribution in [2.45, 2.75) is 19.3 Å². The number of hydrogen-bond acceptors (Lipinski definition) is 3. The van der Waals surface area contributed by atoms with E-state index in [0.717, 1.165) is 23.7 Å². The fraction of sp³-hybridized carbons (Fsp3) is 0.462. The largest absolute Gasteiger partial charge is 0.398 e. The van der Waals surface area contributed by atoms with Crippen LogP contribution in [-0.4, -0.2) is 20.9 Å². The lowest BCUT2D eigenvalue weighted by atomic mass is 10.00. The SMILES string of the molecule is Nc1ccc2nc(CC3CCCSC3)cn2c1. The minimum atomic E-state index is 0.787. The van der Waals surface area contributed by atoms with Gasteiger partial charge < -0.3 is 10.1 Å². The van der Waals surface area contributed by atoms with Gasteiger partial charge in [-0.15, -0.1) is 0 Å². The number of hydrogen-bond donors (Lipinski definition) is 1. The number of nitrogens with zero attached hydrogens (tertiary/aromatic N) is 2. The van der Waals surface area contributed by atoms with E-state index in [1.165, 1.54) is 30.0 Å². The molecule has 1 atom stereocenters. The molecule has 0 amide bonds. The molecule has 3 heterocycles. The van der Waals surface area contributed by atoms with Gasteiger partial charge in [-0.3, -0.25) is 0 Å². The van der Waals surface area contributed by atoms with Gasteiger partial charge in [-0.25, -0.2) is 4.98 Å². The van der Waals surface area contributed by atoms with Crippen LogP contribution in [-0.2, 0) is 6.42 Å². The Hall–Kier alpha value is -1.16. The number of rotatable bonds is 2. The standard InChI is InChI=1S/C13H17N3S/c14-11-3-4-13-15-12(8-16(13)7-11)6-10-2-1-5-17-9-10/h3-4,7-8,10H,1-2,5-6,9,14H2. The molecule has 3 rings (SSSR count). The van der Waals surface area contributed by atoms with Gasteiger partial charge in [0.2, 0.25) is 0 Å². The van der Waals surface area contributed by atoms with Crippen LogP contribution in [0.25, 0.3) is 5.65 Å². The molecule has 1 fully saturated rings. The van der Waals surface area contributed by atoms with Crippen LogP contribution in [0.1, 0.15) is 18.5 Å². The van der Waals surface area contributed by atoms with Gasteiger partial charge in [0.15, 0.2) is 0 Å². The smallest absolute Gasteiger partial charge is 0.137 e. The first kappa shape index (κ1) is 11.0. The summed E-state index contributed by atoms with van der Waals surface area (Å²) in [6.07, 6.45) is 7.86. The molecule has 1 aliphatic heterocycles. The summed E-state index contributed by atoms with van der Waals surface area (Å²) in [4.78, 5) is 4.65. The number of pyridine rings is 1. The van der Waals surface area contributed by atoms with Crippen molar-refractivity contribution in [3.63, 3.8) is 0 Å². The molecule has 2 N–H and O–H groups in total. The van der Waals surface area contributed by atoms with E-state index >= 15 is 0 Å². The van der Waals surface area contributed by atoms with Crippen molar-refractivity contribution in [2.24, 2.45) is 5.92 Å². The molecule has 1 saturated heterocycles. The normalized spacial score (nSPS) is 20.8. The van der Waals surface area contributed by atoms with Crippen LogP contribution < -0.4 is 5.73 Å². The molecule has 0 spiro atoms. The van der Waals surface area contributed by atoms with Crippen LogP contribution in [0.15, 0.2) is 24.5 Å². The van der Waals surface area contributed by atoms with E-state index in [2.05, 4.69) is 22.9 Å². The van der Waals surface area contributed by atoms with Crippen LogP contribution >= 0.6 is 11.8 Å². The third-order valence-electron chi connectivity index (χ3n) is 3.28. The van der Waals surface area contributed by atoms with Crippen molar-refractivity contribution >= 4 is 23.1 Å². The Morgan fingerprint density at radius 3 is 3.18 bits per heavy atom. The quantitative estimate of drug-likeness (QED) is 0.887. The number of nitrogens with two attached hydrogens (primary N) is 1. The molecule has 1 aliphatic rings. The summed E-state index contributed by atoms with van der Waals surface area (Å²) in [6, 6.07) is 3.89. The van der Waals surface area contributed by atoms with Crippen molar-refractivity contribution < 1.29 is 0 Å². The fourth-order valence-electron chi connectivity index (χ4n) is 2.42. The molecule has 2 aromatic heterocycles. The molecule has 0 aromatic carbocycles. The third-order valence-corrected chi connectivity index (χ3v) is 4.56. The average molecular weight is 247 g/mol. The first-order chi connectivity index (χ1) is 8.31. The topological polar surface area (TPSA) is 43.3 Å². The van der Waals surface area contributed by atoms with Gasteiger partial charge in [-0.05, 0) is 48.8 Å². The van der Waals surface area contributed by atoms with Gasteiger partial charge in [-0.2, -0.15) is 11.8 Å². The van der Waals surface area contributed by atoms with Gasteiger partial charge in [0.1, 0.15) is 5.65 Å². The molecule has 3 nitrogen and oxygen atoms in total. The van der Waals surface area contributed by atoms with Gasteiger partial charge in [-0.1, -0.05) is 0 Å². The second kappa shape index (κ2) is 4.61. The Bertz CT molecular complexity index is 514. The lowest BCUT2D eigenvalue weighted by Gasteiger charge is -2.19. The number of anilines is 1. The zero-order valence-electron chi connectivity index (χ0n) is 9.80. The highest BCUT2D eigenvalue weighted by Crippen LogP contribution is 2.25. The van der Waals surface area contributed by atoms with Crippen molar-refractivity contribution in [1.82, 2.24) is 9.38 Å². The minimum absolute atomic E-state index is 0.787. The third kappa shape index (κ3) is 2.41. The highest BCUT2D eigenvalue weighted by atomic mass is 32.2. The number of fused-ring (bicyclic) bond motifs is 1. The van der Waals surface area contributed by atoms with Crippen LogP contribution in [0, 0.1) is 5.92 Å². The van der Waals surface area contributed by atoms with E-state index < -0.39 is 0 Å². The maximum absolute atomic E-state index is 5.77. The molecule has 0 aliphatic carbocycles. The predicted octanol–water partition coefficient (Wildman–Crippen LogP) is 2.60. The van der Waals surface area contributed by atoms with E-state index in [1.807, 2.05) is 22.7 Å². The number of aromatic nitrogens is 2. The van der Waals surface area contributed by atoms with E-state index in [0.29, 0.717) is 0 Å². The van der Waals surface area contributed by atoms with Crippen molar-refractivity contribution in [3.05, 3.63) is 30.2 Å². The van der Waals surface area contributed by atoms with Gasteiger partial charge in [0.25, 0.3) is 0 Å². The van der Waals surface area contributed by atoms with Gasteiger partial charge in [0.05, 0.1) is 5.69 Å². The first-order valence-electron chi connectivity index (χ1n) is 6.12. The first-order valence-corrected chi connectivity index (χ1v) is 7.27. The number of imidazole rings is 1. The van der Waals surface area contributed by atoms with Crippen LogP contribution in [0.5, 0.6) is 0 Å². The zero-order valence-corrected chi connectivity index (χ0v) is 10.6. The zero-order chi connectivity index (χ0) is 11.7. The second-order valence-electron chi connectivity index (χ2n) is 4.75. The van der Waals surface area contributed by atoms with Gasteiger partial charge >= 0.3 is 0 Å². The van der Waals surface area contributed by atoms with Crippen LogP contribution in [0.2, 0.25) is 0 Å². The summed E-state index contributed by atoms with van der Waals surface area (Å²) in [6.45, 7) is 0. The van der Waals surface area contributed by atoms with Crippen molar-refractivity contribution in [3.8, 4) is 0 Å². The lowest BCUT2D eigenvalue weighted by Crippen LogP contribution is -2.13. The molecule has 4 heteroatoms. The van der Waals surface area contributed by atoms with E-state index in [1.54, 1.807) is 0 Å². The summed E-state index contributed by atoms with van der Waals surface area (Å²) in [5, 5.41) is 0. The predicted molar refractivity (Wildman–Crippen MR) is 73.4 cm³/mol. The molecule has 2 aromatic rings. The molecule has 17 heavy (non-hydrogen) atoms. The summed E-state index contributed by atoms with van der Waals surface area (Å²) >= 11 is 2.08. The van der Waals surface area contributed by atoms with Crippen molar-refractivity contribution in [1.29, 1.82) is 0 Å². The summed E-state index contributed by atoms with van der Waals surface area (Å²) < 4.78 is 2.03. The molecule has 0 saturated carbocycles. The number of thioether (sulfide) groups is 1. The van der Waals surface area contributed by atoms with Crippen molar-refractivity contribution in [2.75, 3.05) is 17.2 Å². The Labute approximate surface area is 105 Å². The monoisotopic (exact) mass is 247 g/mol. The highest BCUT2D eigenvalue weighted by Gasteiger charge is 2.15. The average Bonchev–Trinajstić information content (AvgIpc) is 2.71. The van der Waals surface area contributed by atoms with Crippen LogP contribution in [0.3, 0.4) is 0 Å². The molecule has 90 valence electrons.